The third-order valence-corrected chi connectivity index (χ3v) is 4.26. The van der Waals surface area contributed by atoms with Gasteiger partial charge in [0.1, 0.15) is 5.75 Å². The summed E-state index contributed by atoms with van der Waals surface area (Å²) >= 11 is 0. The van der Waals surface area contributed by atoms with E-state index < -0.39 is 10.0 Å². The van der Waals surface area contributed by atoms with Gasteiger partial charge in [0.2, 0.25) is 10.0 Å². The van der Waals surface area contributed by atoms with Crippen molar-refractivity contribution in [2.45, 2.75) is 25.5 Å². The fourth-order valence-corrected chi connectivity index (χ4v) is 3.14. The van der Waals surface area contributed by atoms with E-state index in [2.05, 4.69) is 4.72 Å². The van der Waals surface area contributed by atoms with Gasteiger partial charge in [0.25, 0.3) is 0 Å². The molecule has 100 valence electrons. The number of sulfonamides is 1. The molecule has 0 aromatic heterocycles. The SMILES string of the molecule is O=S(=O)(CC1CCCO1)NCc1ccc(O)cc1. The van der Waals surface area contributed by atoms with Crippen molar-refractivity contribution >= 4 is 10.0 Å². The van der Waals surface area contributed by atoms with Gasteiger partial charge in [-0.05, 0) is 30.5 Å². The number of nitrogens with one attached hydrogen (secondary N) is 1. The van der Waals surface area contributed by atoms with E-state index in [4.69, 9.17) is 9.84 Å². The van der Waals surface area contributed by atoms with Crippen LogP contribution < -0.4 is 4.72 Å². The summed E-state index contributed by atoms with van der Waals surface area (Å²) in [5, 5.41) is 9.12. The summed E-state index contributed by atoms with van der Waals surface area (Å²) < 4.78 is 31.4. The van der Waals surface area contributed by atoms with Crippen LogP contribution in [0, 0.1) is 0 Å². The number of phenolic OH excluding ortho intramolecular Hbond substituents is 1. The van der Waals surface area contributed by atoms with Crippen LogP contribution in [0.3, 0.4) is 0 Å². The molecule has 0 spiro atoms. The number of hydrogen-bond acceptors (Lipinski definition) is 4. The lowest BCUT2D eigenvalue weighted by Crippen LogP contribution is -2.31. The third kappa shape index (κ3) is 3.97. The summed E-state index contributed by atoms with van der Waals surface area (Å²) in [4.78, 5) is 0. The molecule has 1 saturated heterocycles. The van der Waals surface area contributed by atoms with E-state index >= 15 is 0 Å². The van der Waals surface area contributed by atoms with Crippen LogP contribution in [0.5, 0.6) is 5.75 Å². The van der Waals surface area contributed by atoms with Crippen molar-refractivity contribution < 1.29 is 18.3 Å². The zero-order valence-electron chi connectivity index (χ0n) is 10.0. The average molecular weight is 271 g/mol. The molecule has 18 heavy (non-hydrogen) atoms. The van der Waals surface area contributed by atoms with Gasteiger partial charge in [0, 0.05) is 13.2 Å². The summed E-state index contributed by atoms with van der Waals surface area (Å²) in [5.74, 6) is 0.186. The highest BCUT2D eigenvalue weighted by molar-refractivity contribution is 7.89. The molecule has 2 N–H and O–H groups in total. The van der Waals surface area contributed by atoms with Gasteiger partial charge in [-0.3, -0.25) is 0 Å². The van der Waals surface area contributed by atoms with Crippen LogP contribution in [0.15, 0.2) is 24.3 Å². The molecule has 6 heteroatoms. The fraction of sp³-hybridized carbons (Fsp3) is 0.500. The first-order valence-electron chi connectivity index (χ1n) is 5.92. The summed E-state index contributed by atoms with van der Waals surface area (Å²) in [5.41, 5.74) is 0.809. The molecule has 5 nitrogen and oxygen atoms in total. The zero-order valence-corrected chi connectivity index (χ0v) is 10.8. The minimum absolute atomic E-state index is 0.0189. The van der Waals surface area contributed by atoms with Gasteiger partial charge in [-0.2, -0.15) is 0 Å². The van der Waals surface area contributed by atoms with Gasteiger partial charge in [0.15, 0.2) is 0 Å². The first kappa shape index (κ1) is 13.3. The smallest absolute Gasteiger partial charge is 0.214 e. The molecular formula is C12H17NO4S. The minimum Gasteiger partial charge on any atom is -0.508 e. The molecule has 0 aliphatic carbocycles. The standard InChI is InChI=1S/C12H17NO4S/c14-11-5-3-10(4-6-11)8-13-18(15,16)9-12-2-1-7-17-12/h3-6,12-14H,1-2,7-9H2. The second-order valence-electron chi connectivity index (χ2n) is 4.40. The molecule has 1 fully saturated rings. The first-order valence-corrected chi connectivity index (χ1v) is 7.57. The van der Waals surface area contributed by atoms with E-state index in [0.29, 0.717) is 6.61 Å². The van der Waals surface area contributed by atoms with E-state index in [1.54, 1.807) is 12.1 Å². The van der Waals surface area contributed by atoms with Crippen LogP contribution >= 0.6 is 0 Å². The molecule has 0 radical (unpaired) electrons. The van der Waals surface area contributed by atoms with Crippen LogP contribution in [-0.4, -0.2) is 32.0 Å². The second-order valence-corrected chi connectivity index (χ2v) is 6.26. The third-order valence-electron chi connectivity index (χ3n) is 2.86. The monoisotopic (exact) mass is 271 g/mol. The molecule has 0 amide bonds. The number of hydrogen-bond donors (Lipinski definition) is 2. The fourth-order valence-electron chi connectivity index (χ4n) is 1.89. The van der Waals surface area contributed by atoms with Gasteiger partial charge in [-0.15, -0.1) is 0 Å². The predicted molar refractivity (Wildman–Crippen MR) is 67.7 cm³/mol. The Labute approximate surface area is 107 Å². The van der Waals surface area contributed by atoms with E-state index in [0.717, 1.165) is 18.4 Å². The molecule has 0 bridgehead atoms. The molecule has 0 saturated carbocycles. The number of rotatable bonds is 5. The normalized spacial score (nSPS) is 20.1. The van der Waals surface area contributed by atoms with Crippen LogP contribution in [-0.2, 0) is 21.3 Å². The highest BCUT2D eigenvalue weighted by Crippen LogP contribution is 2.14. The molecule has 1 aliphatic heterocycles. The molecule has 1 heterocycles. The molecule has 1 aromatic rings. The summed E-state index contributed by atoms with van der Waals surface area (Å²) in [6, 6.07) is 6.43. The van der Waals surface area contributed by atoms with Gasteiger partial charge in [0.05, 0.1) is 11.9 Å². The summed E-state index contributed by atoms with van der Waals surface area (Å²) in [6.07, 6.45) is 1.56. The highest BCUT2D eigenvalue weighted by atomic mass is 32.2. The van der Waals surface area contributed by atoms with Crippen LogP contribution in [0.1, 0.15) is 18.4 Å². The topological polar surface area (TPSA) is 75.6 Å². The van der Waals surface area contributed by atoms with Crippen LogP contribution in [0.4, 0.5) is 0 Å². The average Bonchev–Trinajstić information content (AvgIpc) is 2.80. The number of phenols is 1. The van der Waals surface area contributed by atoms with Gasteiger partial charge in [-0.1, -0.05) is 12.1 Å². The van der Waals surface area contributed by atoms with Crippen molar-refractivity contribution in [2.24, 2.45) is 0 Å². The molecule has 1 atom stereocenters. The van der Waals surface area contributed by atoms with Crippen molar-refractivity contribution in [3.05, 3.63) is 29.8 Å². The lowest BCUT2D eigenvalue weighted by atomic mass is 10.2. The van der Waals surface area contributed by atoms with Crippen molar-refractivity contribution in [3.8, 4) is 5.75 Å². The summed E-state index contributed by atoms with van der Waals surface area (Å²) in [6.45, 7) is 0.882. The number of benzene rings is 1. The van der Waals surface area contributed by atoms with E-state index in [1.165, 1.54) is 12.1 Å². The Balaban J connectivity index is 1.86. The molecule has 2 rings (SSSR count). The number of ether oxygens (including phenoxy) is 1. The first-order chi connectivity index (χ1) is 8.55. The Morgan fingerprint density at radius 2 is 2.06 bits per heavy atom. The Morgan fingerprint density at radius 1 is 1.33 bits per heavy atom. The van der Waals surface area contributed by atoms with Crippen molar-refractivity contribution in [3.63, 3.8) is 0 Å². The van der Waals surface area contributed by atoms with Crippen LogP contribution in [0.2, 0.25) is 0 Å². The molecule has 1 unspecified atom stereocenters. The Kier molecular flexibility index (Phi) is 4.21. The van der Waals surface area contributed by atoms with Crippen molar-refractivity contribution in [1.29, 1.82) is 0 Å². The maximum atomic E-state index is 11.8. The number of aromatic hydroxyl groups is 1. The maximum absolute atomic E-state index is 11.8. The molecule has 1 aromatic carbocycles. The van der Waals surface area contributed by atoms with Gasteiger partial charge in [-0.25, -0.2) is 13.1 Å². The molecular weight excluding hydrogens is 254 g/mol. The Morgan fingerprint density at radius 3 is 2.67 bits per heavy atom. The predicted octanol–water partition coefficient (Wildman–Crippen LogP) is 0.991. The molecule has 1 aliphatic rings. The lowest BCUT2D eigenvalue weighted by Gasteiger charge is -2.11. The highest BCUT2D eigenvalue weighted by Gasteiger charge is 2.22. The summed E-state index contributed by atoms with van der Waals surface area (Å²) in [7, 11) is -3.31. The quantitative estimate of drug-likeness (QED) is 0.837. The maximum Gasteiger partial charge on any atom is 0.214 e. The van der Waals surface area contributed by atoms with Crippen molar-refractivity contribution in [2.75, 3.05) is 12.4 Å². The van der Waals surface area contributed by atoms with Crippen molar-refractivity contribution in [1.82, 2.24) is 4.72 Å². The van der Waals surface area contributed by atoms with E-state index in [9.17, 15) is 8.42 Å². The largest absolute Gasteiger partial charge is 0.508 e. The zero-order chi connectivity index (χ0) is 13.0. The minimum atomic E-state index is -3.31. The Bertz CT molecular complexity index is 477. The lowest BCUT2D eigenvalue weighted by molar-refractivity contribution is 0.127. The van der Waals surface area contributed by atoms with E-state index in [-0.39, 0.29) is 24.2 Å². The van der Waals surface area contributed by atoms with E-state index in [1.807, 2.05) is 0 Å². The van der Waals surface area contributed by atoms with Gasteiger partial charge < -0.3 is 9.84 Å². The van der Waals surface area contributed by atoms with Gasteiger partial charge >= 0.3 is 0 Å². The van der Waals surface area contributed by atoms with Crippen LogP contribution in [0.25, 0.3) is 0 Å². The second kappa shape index (κ2) is 5.69. The Hall–Kier alpha value is -1.11.